The second kappa shape index (κ2) is 5.96. The lowest BCUT2D eigenvalue weighted by Crippen LogP contribution is -2.39. The van der Waals surface area contributed by atoms with Crippen LogP contribution in [-0.4, -0.2) is 38.7 Å². The molecule has 24 heavy (non-hydrogen) atoms. The van der Waals surface area contributed by atoms with E-state index in [-0.39, 0.29) is 5.92 Å². The standard InChI is InChI=1S/C18H18N4O2/c23-18(24)14-5-3-8-21(11-14)16-10-17(20-12-19-16)22-9-7-13-4-1-2-6-15(13)22/h1-2,4,6-7,9-10,12,14H,3,5,8,11H2,(H,23,24). The molecule has 3 aromatic rings. The van der Waals surface area contributed by atoms with Crippen molar-refractivity contribution in [2.45, 2.75) is 12.8 Å². The molecule has 1 fully saturated rings. The van der Waals surface area contributed by atoms with E-state index in [4.69, 9.17) is 0 Å². The maximum absolute atomic E-state index is 11.3. The van der Waals surface area contributed by atoms with Gasteiger partial charge in [0, 0.05) is 25.4 Å². The van der Waals surface area contributed by atoms with Crippen molar-refractivity contribution >= 4 is 22.7 Å². The van der Waals surface area contributed by atoms with Crippen molar-refractivity contribution < 1.29 is 9.90 Å². The number of carboxylic acids is 1. The molecule has 0 amide bonds. The van der Waals surface area contributed by atoms with Gasteiger partial charge in [0.1, 0.15) is 18.0 Å². The maximum atomic E-state index is 11.3. The molecule has 1 saturated heterocycles. The van der Waals surface area contributed by atoms with Crippen LogP contribution in [0.15, 0.2) is 48.9 Å². The molecule has 0 saturated carbocycles. The molecule has 3 heterocycles. The molecule has 0 spiro atoms. The summed E-state index contributed by atoms with van der Waals surface area (Å²) in [7, 11) is 0. The number of benzene rings is 1. The Labute approximate surface area is 139 Å². The minimum absolute atomic E-state index is 0.329. The average molecular weight is 322 g/mol. The zero-order valence-electron chi connectivity index (χ0n) is 13.2. The maximum Gasteiger partial charge on any atom is 0.308 e. The minimum Gasteiger partial charge on any atom is -0.481 e. The first-order chi connectivity index (χ1) is 11.7. The van der Waals surface area contributed by atoms with E-state index in [1.807, 2.05) is 33.9 Å². The predicted molar refractivity (Wildman–Crippen MR) is 91.4 cm³/mol. The minimum atomic E-state index is -0.731. The number of rotatable bonds is 3. The topological polar surface area (TPSA) is 71.2 Å². The van der Waals surface area contributed by atoms with Crippen molar-refractivity contribution in [3.8, 4) is 5.82 Å². The first-order valence-corrected chi connectivity index (χ1v) is 8.08. The summed E-state index contributed by atoms with van der Waals surface area (Å²) in [4.78, 5) is 22.1. The summed E-state index contributed by atoms with van der Waals surface area (Å²) < 4.78 is 2.03. The first-order valence-electron chi connectivity index (χ1n) is 8.08. The average Bonchev–Trinajstić information content (AvgIpc) is 3.06. The number of para-hydroxylation sites is 1. The summed E-state index contributed by atoms with van der Waals surface area (Å²) in [5.41, 5.74) is 1.09. The Kier molecular flexibility index (Phi) is 3.65. The second-order valence-electron chi connectivity index (χ2n) is 6.10. The number of carboxylic acid groups (broad SMARTS) is 1. The Morgan fingerprint density at radius 2 is 2.00 bits per heavy atom. The van der Waals surface area contributed by atoms with Gasteiger partial charge in [0.25, 0.3) is 0 Å². The number of hydrogen-bond donors (Lipinski definition) is 1. The van der Waals surface area contributed by atoms with E-state index in [1.165, 1.54) is 0 Å². The van der Waals surface area contributed by atoms with E-state index in [0.29, 0.717) is 6.54 Å². The smallest absolute Gasteiger partial charge is 0.308 e. The third-order valence-corrected chi connectivity index (χ3v) is 4.58. The third-order valence-electron chi connectivity index (χ3n) is 4.58. The van der Waals surface area contributed by atoms with Gasteiger partial charge >= 0.3 is 5.97 Å². The van der Waals surface area contributed by atoms with Crippen LogP contribution >= 0.6 is 0 Å². The van der Waals surface area contributed by atoms with Gasteiger partial charge < -0.3 is 14.6 Å². The second-order valence-corrected chi connectivity index (χ2v) is 6.10. The van der Waals surface area contributed by atoms with Crippen LogP contribution in [0.2, 0.25) is 0 Å². The van der Waals surface area contributed by atoms with Crippen LogP contribution in [-0.2, 0) is 4.79 Å². The Balaban J connectivity index is 1.68. The van der Waals surface area contributed by atoms with Crippen LogP contribution in [0, 0.1) is 5.92 Å². The van der Waals surface area contributed by atoms with E-state index in [9.17, 15) is 9.90 Å². The fraction of sp³-hybridized carbons (Fsp3) is 0.278. The zero-order valence-corrected chi connectivity index (χ0v) is 13.2. The summed E-state index contributed by atoms with van der Waals surface area (Å²) in [6.45, 7) is 1.32. The van der Waals surface area contributed by atoms with E-state index in [1.54, 1.807) is 6.33 Å². The number of fused-ring (bicyclic) bond motifs is 1. The van der Waals surface area contributed by atoms with E-state index < -0.39 is 5.97 Å². The van der Waals surface area contributed by atoms with Crippen molar-refractivity contribution in [3.05, 3.63) is 48.9 Å². The normalized spacial score (nSPS) is 18.0. The quantitative estimate of drug-likeness (QED) is 0.803. The van der Waals surface area contributed by atoms with Gasteiger partial charge in [0.05, 0.1) is 11.4 Å². The number of anilines is 1. The lowest BCUT2D eigenvalue weighted by molar-refractivity contribution is -0.141. The molecule has 1 aliphatic heterocycles. The van der Waals surface area contributed by atoms with Crippen molar-refractivity contribution in [1.29, 1.82) is 0 Å². The zero-order chi connectivity index (χ0) is 16.5. The van der Waals surface area contributed by atoms with Crippen LogP contribution in [0.3, 0.4) is 0 Å². The molecule has 1 atom stereocenters. The van der Waals surface area contributed by atoms with E-state index in [2.05, 4.69) is 28.2 Å². The molecular formula is C18H18N4O2. The summed E-state index contributed by atoms with van der Waals surface area (Å²) in [6.07, 6.45) is 5.13. The highest BCUT2D eigenvalue weighted by molar-refractivity contribution is 5.81. The molecule has 0 aliphatic carbocycles. The van der Waals surface area contributed by atoms with Crippen molar-refractivity contribution in [1.82, 2.24) is 14.5 Å². The van der Waals surface area contributed by atoms with Crippen LogP contribution in [0.25, 0.3) is 16.7 Å². The fourth-order valence-electron chi connectivity index (χ4n) is 3.31. The van der Waals surface area contributed by atoms with Gasteiger partial charge in [-0.1, -0.05) is 18.2 Å². The molecule has 0 radical (unpaired) electrons. The lowest BCUT2D eigenvalue weighted by Gasteiger charge is -2.31. The summed E-state index contributed by atoms with van der Waals surface area (Å²) in [6, 6.07) is 12.1. The Morgan fingerprint density at radius 1 is 1.17 bits per heavy atom. The van der Waals surface area contributed by atoms with Gasteiger partial charge in [0.2, 0.25) is 0 Å². The summed E-state index contributed by atoms with van der Waals surface area (Å²) in [5, 5.41) is 10.4. The third kappa shape index (κ3) is 2.60. The largest absolute Gasteiger partial charge is 0.481 e. The number of aromatic nitrogens is 3. The van der Waals surface area contributed by atoms with Crippen LogP contribution in [0.1, 0.15) is 12.8 Å². The van der Waals surface area contributed by atoms with Crippen LogP contribution in [0.5, 0.6) is 0 Å². The molecule has 4 rings (SSSR count). The first kappa shape index (κ1) is 14.7. The van der Waals surface area contributed by atoms with Crippen molar-refractivity contribution in [3.63, 3.8) is 0 Å². The lowest BCUT2D eigenvalue weighted by atomic mass is 9.98. The molecule has 6 nitrogen and oxygen atoms in total. The number of aliphatic carboxylic acids is 1. The molecule has 2 aromatic heterocycles. The number of hydrogen-bond acceptors (Lipinski definition) is 4. The van der Waals surface area contributed by atoms with Gasteiger partial charge in [0.15, 0.2) is 0 Å². The molecule has 1 aliphatic rings. The highest BCUT2D eigenvalue weighted by Crippen LogP contribution is 2.24. The van der Waals surface area contributed by atoms with E-state index >= 15 is 0 Å². The fourth-order valence-corrected chi connectivity index (χ4v) is 3.31. The van der Waals surface area contributed by atoms with Gasteiger partial charge in [-0.25, -0.2) is 9.97 Å². The van der Waals surface area contributed by atoms with Gasteiger partial charge in [-0.3, -0.25) is 4.79 Å². The van der Waals surface area contributed by atoms with Gasteiger partial charge in [-0.15, -0.1) is 0 Å². The molecule has 122 valence electrons. The number of carbonyl (C=O) groups is 1. The van der Waals surface area contributed by atoms with Crippen molar-refractivity contribution in [2.75, 3.05) is 18.0 Å². The Hall–Kier alpha value is -2.89. The molecule has 1 aromatic carbocycles. The molecule has 6 heteroatoms. The van der Waals surface area contributed by atoms with Crippen LogP contribution < -0.4 is 4.90 Å². The SMILES string of the molecule is O=C(O)C1CCCN(c2cc(-n3ccc4ccccc43)ncn2)C1. The van der Waals surface area contributed by atoms with Crippen LogP contribution in [0.4, 0.5) is 5.82 Å². The monoisotopic (exact) mass is 322 g/mol. The number of piperidine rings is 1. The summed E-state index contributed by atoms with van der Waals surface area (Å²) in [5.74, 6) is 0.511. The molecule has 0 bridgehead atoms. The van der Waals surface area contributed by atoms with Crippen molar-refractivity contribution in [2.24, 2.45) is 5.92 Å². The molecule has 1 N–H and O–H groups in total. The van der Waals surface area contributed by atoms with E-state index in [0.717, 1.165) is 41.9 Å². The van der Waals surface area contributed by atoms with Gasteiger partial charge in [-0.05, 0) is 30.4 Å². The predicted octanol–water partition coefficient (Wildman–Crippen LogP) is 2.72. The molecular weight excluding hydrogens is 304 g/mol. The van der Waals surface area contributed by atoms with Gasteiger partial charge in [-0.2, -0.15) is 0 Å². The Morgan fingerprint density at radius 3 is 2.88 bits per heavy atom. The molecule has 1 unspecified atom stereocenters. The number of nitrogens with zero attached hydrogens (tertiary/aromatic N) is 4. The summed E-state index contributed by atoms with van der Waals surface area (Å²) >= 11 is 0. The highest BCUT2D eigenvalue weighted by Gasteiger charge is 2.26. The highest BCUT2D eigenvalue weighted by atomic mass is 16.4. The Bertz CT molecular complexity index is 889.